The van der Waals surface area contributed by atoms with Gasteiger partial charge < -0.3 is 91.1 Å². The van der Waals surface area contributed by atoms with E-state index in [0.29, 0.717) is 93.5 Å². The molecule has 13 N–H and O–H groups in total. The first-order chi connectivity index (χ1) is 65.0. The van der Waals surface area contributed by atoms with Gasteiger partial charge in [-0.15, -0.1) is 0 Å². The second kappa shape index (κ2) is 42.3. The molecule has 32 nitrogen and oxygen atoms in total. The van der Waals surface area contributed by atoms with Gasteiger partial charge in [-0.2, -0.15) is 0 Å². The average molecular weight is 1920 g/mol. The van der Waals surface area contributed by atoms with E-state index in [1.165, 1.54) is 57.8 Å². The second-order valence-electron chi connectivity index (χ2n) is 50.7. The highest BCUT2D eigenvalue weighted by Gasteiger charge is 2.60. The first-order valence-corrected chi connectivity index (χ1v) is 52.2. The van der Waals surface area contributed by atoms with Crippen LogP contribution >= 0.6 is 0 Å². The number of aromatic nitrogens is 14. The van der Waals surface area contributed by atoms with Crippen molar-refractivity contribution in [2.24, 2.45) is 68.6 Å². The quantitative estimate of drug-likeness (QED) is 0.0606. The summed E-state index contributed by atoms with van der Waals surface area (Å²) in [4.78, 5) is 150. The molecule has 8 unspecified atom stereocenters. The molecule has 15 heterocycles. The van der Waals surface area contributed by atoms with E-state index in [1.54, 1.807) is 18.6 Å². The summed E-state index contributed by atoms with van der Waals surface area (Å²) in [5, 5.41) is 6.63. The molecule has 12 fully saturated rings. The molecule has 139 heavy (non-hydrogen) atoms. The summed E-state index contributed by atoms with van der Waals surface area (Å²) in [7, 11) is 0. The van der Waals surface area contributed by atoms with Crippen LogP contribution in [0.15, 0.2) is 76.9 Å². The molecule has 19 rings (SSSR count). The van der Waals surface area contributed by atoms with Crippen LogP contribution in [-0.4, -0.2) is 193 Å². The normalized spacial score (nSPS) is 24.7. The first-order valence-electron chi connectivity index (χ1n) is 52.2. The Morgan fingerprint density at radius 2 is 0.755 bits per heavy atom. The summed E-state index contributed by atoms with van der Waals surface area (Å²) < 4.78 is 5.67. The van der Waals surface area contributed by atoms with Gasteiger partial charge in [-0.1, -0.05) is 205 Å². The lowest BCUT2D eigenvalue weighted by molar-refractivity contribution is 0.127. The van der Waals surface area contributed by atoms with Gasteiger partial charge in [-0.25, -0.2) is 34.9 Å². The van der Waals surface area contributed by atoms with E-state index in [2.05, 4.69) is 278 Å². The molecule has 8 aliphatic heterocycles. The molecule has 768 valence electrons. The minimum absolute atomic E-state index is 0.0348. The van der Waals surface area contributed by atoms with Crippen molar-refractivity contribution in [1.82, 2.24) is 75.1 Å². The Morgan fingerprint density at radius 1 is 0.403 bits per heavy atom. The number of H-pyrrole nitrogens is 7. The maximum absolute atomic E-state index is 12.4. The first kappa shape index (κ1) is 107. The van der Waals surface area contributed by atoms with Gasteiger partial charge in [0.1, 0.15) is 0 Å². The van der Waals surface area contributed by atoms with Crippen molar-refractivity contribution < 1.29 is 4.74 Å². The van der Waals surface area contributed by atoms with Gasteiger partial charge in [0, 0.05) is 242 Å². The Morgan fingerprint density at radius 3 is 1.09 bits per heavy atom. The van der Waals surface area contributed by atoms with Crippen molar-refractivity contribution in [3.8, 4) is 0 Å². The molecule has 4 saturated carbocycles. The predicted molar refractivity (Wildman–Crippen MR) is 562 cm³/mol. The minimum Gasteiger partial charge on any atom is -0.381 e. The third-order valence-electron chi connectivity index (χ3n) is 32.6. The van der Waals surface area contributed by atoms with E-state index in [1.807, 2.05) is 29.7 Å². The number of anilines is 7. The lowest BCUT2D eigenvalue weighted by atomic mass is 9.72. The molecule has 12 aliphatic rings. The lowest BCUT2D eigenvalue weighted by Gasteiger charge is -2.44. The van der Waals surface area contributed by atoms with Crippen LogP contribution in [0, 0.1) is 57.2 Å². The van der Waals surface area contributed by atoms with E-state index < -0.39 is 0 Å². The van der Waals surface area contributed by atoms with Gasteiger partial charge in [0.05, 0.1) is 6.61 Å². The van der Waals surface area contributed by atoms with Crippen LogP contribution in [0.2, 0.25) is 0 Å². The number of hydrogen-bond donors (Lipinski definition) is 11. The zero-order chi connectivity index (χ0) is 101. The summed E-state index contributed by atoms with van der Waals surface area (Å²) in [5.74, 6) is 8.44. The molecule has 0 bridgehead atoms. The number of nitrogens with zero attached hydrogens (tertiary/aromatic N) is 13. The van der Waals surface area contributed by atoms with Crippen LogP contribution in [-0.2, 0) is 42.6 Å². The number of hydrogen-bond acceptors (Lipinski definition) is 25. The third-order valence-corrected chi connectivity index (χ3v) is 32.6. The Bertz CT molecular complexity index is 5670. The molecule has 0 amide bonds. The predicted octanol–water partition coefficient (Wildman–Crippen LogP) is 14.3. The summed E-state index contributed by atoms with van der Waals surface area (Å²) in [6.07, 6.45) is 34.2. The Balaban J connectivity index is 0.000000137. The Labute approximate surface area is 824 Å². The standard InChI is InChI=1S/C18H28N4O.C17H27N3O2.C16H27N3O.C15H23N3O.C14H24N4O.C14H23N3O.C13H20N4O/c1-17(2,3)13-10-20-15(16(23)21-13)22-6-4-18(5-7-22)9-11-8-12(11)14(18)19;1-12-10-22-11-17(12)5-7-20(8-6-17)14-15(21)19-13(9-18-14)16(2,3)4;1-6-16(5)7-9-19(10-8-16)13-14(20)18-12(11-17-13)15(2,3)4;1-15(2,3)12-7-16-13(14(19)17-12)18-8-10-5-4-6-11(10)9-18;1-13(2,3)10-7-16-11(12(19)17-10)18-6-5-14(4,8-15)9-18;1-14(2,3)11-9-15-12(13(18)17-11)16-10-7-5-4-6-8-10;1-13(2,3)10-6-15-11(12(18)16-10)17-7-8-4-14-5-9(8)17/h10-12,14H,4-9,19H2,1-3H3,(H,21,23);9,12H,5-8,10-11H2,1-4H3,(H,19,21);11H,6-10H2,1-5H3,(H,18,20);7,10-11H,4-6,8-9H2,1-3H3,(H,17,19);7H,5-6,8-9,15H2,1-4H3,(H,17,19);9-10H,4-8H2,1-3H3,(H,15,16)(H,17,18);6,8-9,14H,4-5,7H2,1-3H3,(H,16,18)/t;12-;;;;;/m.1...../s1. The lowest BCUT2D eigenvalue weighted by Crippen LogP contribution is -2.57. The Hall–Kier alpha value is -9.40. The highest BCUT2D eigenvalue weighted by atomic mass is 16.5. The number of ether oxygens (including phenoxy) is 1. The topological polar surface area (TPSA) is 425 Å². The minimum atomic E-state index is -0.104. The number of aromatic amines is 7. The molecular weight excluding hydrogens is 1750 g/mol. The second-order valence-corrected chi connectivity index (χ2v) is 50.7. The fourth-order valence-electron chi connectivity index (χ4n) is 21.8. The number of nitrogens with one attached hydrogen (secondary N) is 9. The smallest absolute Gasteiger partial charge is 0.291 e. The summed E-state index contributed by atoms with van der Waals surface area (Å²) in [5.41, 5.74) is 18.6. The van der Waals surface area contributed by atoms with Crippen molar-refractivity contribution >= 4 is 40.7 Å². The molecule has 7 aromatic heterocycles. The SMILES string of the molecule is CC(C)(C)c1cnc(N2CC3CCCC3C2)c(=O)[nH]1.CC(C)(C)c1cnc(N2CC3CNCC32)c(=O)[nH]1.CC(C)(C)c1cnc(N2CCC3(CC2)CC2CC2C3N)c(=O)[nH]1.CC(C)(C)c1cnc(NC2CCCCC2)c(=O)[nH]1.CC1(CN)CCN(c2ncc(C(C)(C)C)[nH]c2=O)C1.CCC1(C)CCN(c2ncc(C(C)(C)C)[nH]c2=O)CC1.C[C@@H]1COCC12CCN(c1ncc(C(C)(C)C)[nH]c1=O)CC2. The number of rotatable bonds is 10. The maximum atomic E-state index is 12.4. The van der Waals surface area contributed by atoms with Crippen molar-refractivity contribution in [3.05, 3.63) is 156 Å². The summed E-state index contributed by atoms with van der Waals surface area (Å²) in [6, 6.07) is 1.25. The van der Waals surface area contributed by atoms with E-state index in [-0.39, 0.29) is 82.2 Å². The summed E-state index contributed by atoms with van der Waals surface area (Å²) in [6.45, 7) is 67.0. The van der Waals surface area contributed by atoms with Gasteiger partial charge in [0.15, 0.2) is 40.7 Å². The summed E-state index contributed by atoms with van der Waals surface area (Å²) >= 11 is 0. The molecular formula is C107H172N24O8. The zero-order valence-corrected chi connectivity index (χ0v) is 89.0. The molecule has 9 atom stereocenters. The van der Waals surface area contributed by atoms with E-state index >= 15 is 0 Å². The van der Waals surface area contributed by atoms with Gasteiger partial charge in [-0.3, -0.25) is 33.6 Å². The van der Waals surface area contributed by atoms with Crippen molar-refractivity contribution in [3.63, 3.8) is 0 Å². The van der Waals surface area contributed by atoms with Crippen LogP contribution in [0.25, 0.3) is 0 Å². The highest BCUT2D eigenvalue weighted by molar-refractivity contribution is 5.46. The van der Waals surface area contributed by atoms with Crippen molar-refractivity contribution in [2.75, 3.05) is 140 Å². The van der Waals surface area contributed by atoms with Crippen LogP contribution in [0.4, 0.5) is 40.7 Å². The van der Waals surface area contributed by atoms with Crippen molar-refractivity contribution in [1.29, 1.82) is 0 Å². The van der Waals surface area contributed by atoms with Crippen LogP contribution in [0.1, 0.15) is 329 Å². The molecule has 32 heteroatoms. The Kier molecular flexibility index (Phi) is 32.5. The van der Waals surface area contributed by atoms with Crippen LogP contribution < -0.4 is 90.4 Å². The van der Waals surface area contributed by atoms with E-state index in [4.69, 9.17) is 16.2 Å². The monoisotopic (exact) mass is 1920 g/mol. The van der Waals surface area contributed by atoms with Gasteiger partial charge >= 0.3 is 0 Å². The molecule has 0 radical (unpaired) electrons. The average Bonchev–Trinajstić information content (AvgIpc) is 1.56. The molecule has 0 aromatic carbocycles. The fraction of sp³-hybridized carbons (Fsp3) is 0.738. The largest absolute Gasteiger partial charge is 0.381 e. The van der Waals surface area contributed by atoms with Gasteiger partial charge in [0.2, 0.25) is 0 Å². The van der Waals surface area contributed by atoms with Crippen LogP contribution in [0.3, 0.4) is 0 Å². The van der Waals surface area contributed by atoms with Crippen molar-refractivity contribution in [2.45, 2.75) is 345 Å². The van der Waals surface area contributed by atoms with E-state index in [0.717, 1.165) is 220 Å². The number of nitrogens with two attached hydrogens (primary N) is 2. The van der Waals surface area contributed by atoms with Gasteiger partial charge in [-0.05, 0) is 136 Å². The molecule has 8 saturated heterocycles. The molecule has 4 aliphatic carbocycles. The maximum Gasteiger partial charge on any atom is 0.291 e. The molecule has 2 spiro atoms. The zero-order valence-electron chi connectivity index (χ0n) is 89.0. The van der Waals surface area contributed by atoms with Crippen LogP contribution in [0.5, 0.6) is 0 Å². The highest BCUT2D eigenvalue weighted by Crippen LogP contribution is 2.62. The van der Waals surface area contributed by atoms with Gasteiger partial charge in [0.25, 0.3) is 38.9 Å². The third kappa shape index (κ3) is 25.8. The fourth-order valence-corrected chi connectivity index (χ4v) is 21.8. The molecule has 7 aromatic rings. The number of piperidine rings is 3. The number of fused-ring (bicyclic) bond motifs is 3. The van der Waals surface area contributed by atoms with E-state index in [9.17, 15) is 33.6 Å².